The predicted octanol–water partition coefficient (Wildman–Crippen LogP) is 2.95. The maximum atomic E-state index is 6.18. The highest BCUT2D eigenvalue weighted by atomic mass is 15.3. The van der Waals surface area contributed by atoms with E-state index in [1.54, 1.807) is 0 Å². The topological polar surface area (TPSA) is 43.8 Å². The minimum absolute atomic E-state index is 0.371. The number of hydrogen-bond donors (Lipinski definition) is 1. The fourth-order valence-electron chi connectivity index (χ4n) is 2.73. The molecule has 0 aromatic carbocycles. The molecule has 90 valence electrons. The molecule has 1 heterocycles. The summed E-state index contributed by atoms with van der Waals surface area (Å²) in [6.07, 6.45) is 6.14. The van der Waals surface area contributed by atoms with Gasteiger partial charge >= 0.3 is 0 Å². The van der Waals surface area contributed by atoms with E-state index in [0.717, 1.165) is 24.6 Å². The molecule has 1 aromatic rings. The van der Waals surface area contributed by atoms with Crippen LogP contribution in [-0.2, 0) is 12.8 Å². The van der Waals surface area contributed by atoms with Crippen LogP contribution in [0.2, 0.25) is 0 Å². The number of nitrogens with zero attached hydrogens (tertiary/aromatic N) is 2. The Morgan fingerprint density at radius 1 is 1.50 bits per heavy atom. The van der Waals surface area contributed by atoms with E-state index in [1.165, 1.54) is 30.5 Å². The van der Waals surface area contributed by atoms with Crippen molar-refractivity contribution in [2.24, 2.45) is 5.92 Å². The highest BCUT2D eigenvalue weighted by Crippen LogP contribution is 2.32. The highest BCUT2D eigenvalue weighted by Gasteiger charge is 2.24. The zero-order chi connectivity index (χ0) is 11.7. The molecule has 0 saturated carbocycles. The summed E-state index contributed by atoms with van der Waals surface area (Å²) in [5.74, 6) is 1.73. The fraction of sp³-hybridized carbons (Fsp3) is 0.769. The standard InChI is InChI=1S/C13H23N3/c1-4-5-10-6-7-12-11(8-10)13(14)16(15-12)9(2)3/h9-10H,4-8,14H2,1-3H3. The average molecular weight is 221 g/mol. The van der Waals surface area contributed by atoms with Gasteiger partial charge in [-0.05, 0) is 39.0 Å². The number of nitrogen functional groups attached to an aromatic ring is 1. The van der Waals surface area contributed by atoms with Crippen molar-refractivity contribution in [1.82, 2.24) is 9.78 Å². The first-order chi connectivity index (χ1) is 7.63. The van der Waals surface area contributed by atoms with Crippen molar-refractivity contribution in [3.63, 3.8) is 0 Å². The Labute approximate surface area is 98.0 Å². The average Bonchev–Trinajstić information content (AvgIpc) is 2.57. The molecule has 0 spiro atoms. The van der Waals surface area contributed by atoms with E-state index < -0.39 is 0 Å². The zero-order valence-corrected chi connectivity index (χ0v) is 10.7. The Kier molecular flexibility index (Phi) is 3.22. The van der Waals surface area contributed by atoms with Crippen LogP contribution < -0.4 is 5.73 Å². The van der Waals surface area contributed by atoms with E-state index in [-0.39, 0.29) is 0 Å². The highest BCUT2D eigenvalue weighted by molar-refractivity contribution is 5.45. The van der Waals surface area contributed by atoms with Crippen LogP contribution >= 0.6 is 0 Å². The second kappa shape index (κ2) is 4.48. The maximum absolute atomic E-state index is 6.18. The Balaban J connectivity index is 2.24. The normalized spacial score (nSPS) is 20.1. The Morgan fingerprint density at radius 3 is 2.88 bits per heavy atom. The third-order valence-corrected chi connectivity index (χ3v) is 3.60. The molecule has 3 nitrogen and oxygen atoms in total. The number of nitrogens with two attached hydrogens (primary N) is 1. The van der Waals surface area contributed by atoms with Gasteiger partial charge in [0.05, 0.1) is 5.69 Å². The molecule has 0 saturated heterocycles. The fourth-order valence-corrected chi connectivity index (χ4v) is 2.73. The van der Waals surface area contributed by atoms with Crippen LogP contribution in [0.1, 0.15) is 57.3 Å². The minimum atomic E-state index is 0.371. The van der Waals surface area contributed by atoms with Gasteiger partial charge in [-0.1, -0.05) is 19.8 Å². The third-order valence-electron chi connectivity index (χ3n) is 3.60. The summed E-state index contributed by atoms with van der Waals surface area (Å²) < 4.78 is 1.99. The van der Waals surface area contributed by atoms with Crippen molar-refractivity contribution in [2.75, 3.05) is 5.73 Å². The van der Waals surface area contributed by atoms with Gasteiger partial charge in [-0.2, -0.15) is 5.10 Å². The smallest absolute Gasteiger partial charge is 0.125 e. The zero-order valence-electron chi connectivity index (χ0n) is 10.7. The quantitative estimate of drug-likeness (QED) is 0.852. The first-order valence-corrected chi connectivity index (χ1v) is 6.49. The van der Waals surface area contributed by atoms with E-state index in [4.69, 9.17) is 5.73 Å². The Morgan fingerprint density at radius 2 is 2.25 bits per heavy atom. The van der Waals surface area contributed by atoms with E-state index in [9.17, 15) is 0 Å². The van der Waals surface area contributed by atoms with Gasteiger partial charge in [0, 0.05) is 11.6 Å². The first-order valence-electron chi connectivity index (χ1n) is 6.49. The largest absolute Gasteiger partial charge is 0.384 e. The van der Waals surface area contributed by atoms with Gasteiger partial charge in [0.1, 0.15) is 5.82 Å². The first kappa shape index (κ1) is 11.5. The second-order valence-corrected chi connectivity index (χ2v) is 5.25. The summed E-state index contributed by atoms with van der Waals surface area (Å²) in [5, 5.41) is 4.64. The number of fused-ring (bicyclic) bond motifs is 1. The van der Waals surface area contributed by atoms with Crippen LogP contribution in [0.25, 0.3) is 0 Å². The van der Waals surface area contributed by atoms with Crippen molar-refractivity contribution in [3.8, 4) is 0 Å². The third kappa shape index (κ3) is 1.95. The van der Waals surface area contributed by atoms with Crippen LogP contribution in [0.4, 0.5) is 5.82 Å². The van der Waals surface area contributed by atoms with Crippen molar-refractivity contribution in [3.05, 3.63) is 11.3 Å². The molecule has 0 amide bonds. The molecule has 0 aliphatic heterocycles. The summed E-state index contributed by atoms with van der Waals surface area (Å²) in [4.78, 5) is 0. The number of hydrogen-bond acceptors (Lipinski definition) is 2. The molecule has 0 bridgehead atoms. The summed E-state index contributed by atoms with van der Waals surface area (Å²) in [6.45, 7) is 6.53. The van der Waals surface area contributed by atoms with Crippen molar-refractivity contribution in [2.45, 2.75) is 58.9 Å². The lowest BCUT2D eigenvalue weighted by Crippen LogP contribution is -2.14. The summed E-state index contributed by atoms with van der Waals surface area (Å²) in [6, 6.07) is 0.371. The van der Waals surface area contributed by atoms with Crippen molar-refractivity contribution < 1.29 is 0 Å². The van der Waals surface area contributed by atoms with Crippen LogP contribution in [0, 0.1) is 5.92 Å². The molecule has 0 radical (unpaired) electrons. The van der Waals surface area contributed by atoms with Crippen molar-refractivity contribution in [1.29, 1.82) is 0 Å². The van der Waals surface area contributed by atoms with Crippen LogP contribution in [0.5, 0.6) is 0 Å². The Bertz CT molecular complexity index is 365. The maximum Gasteiger partial charge on any atom is 0.125 e. The number of anilines is 1. The van der Waals surface area contributed by atoms with E-state index >= 15 is 0 Å². The molecule has 1 aliphatic carbocycles. The monoisotopic (exact) mass is 221 g/mol. The summed E-state index contributed by atoms with van der Waals surface area (Å²) >= 11 is 0. The van der Waals surface area contributed by atoms with Gasteiger partial charge in [0.15, 0.2) is 0 Å². The predicted molar refractivity (Wildman–Crippen MR) is 67.4 cm³/mol. The number of aromatic nitrogens is 2. The van der Waals surface area contributed by atoms with Gasteiger partial charge in [0.25, 0.3) is 0 Å². The molecule has 1 unspecified atom stereocenters. The SMILES string of the molecule is CCCC1CCc2nn(C(C)C)c(N)c2C1. The molecule has 1 aliphatic rings. The summed E-state index contributed by atoms with van der Waals surface area (Å²) in [5.41, 5.74) is 8.76. The molecule has 2 N–H and O–H groups in total. The van der Waals surface area contributed by atoms with E-state index in [0.29, 0.717) is 6.04 Å². The number of rotatable bonds is 3. The molecular weight excluding hydrogens is 198 g/mol. The molecule has 0 fully saturated rings. The molecule has 2 rings (SSSR count). The Hall–Kier alpha value is -0.990. The lowest BCUT2D eigenvalue weighted by molar-refractivity contribution is 0.420. The van der Waals surface area contributed by atoms with E-state index in [2.05, 4.69) is 25.9 Å². The lowest BCUT2D eigenvalue weighted by atomic mass is 9.85. The molecule has 16 heavy (non-hydrogen) atoms. The van der Waals surface area contributed by atoms with Crippen LogP contribution in [0.15, 0.2) is 0 Å². The van der Waals surface area contributed by atoms with Gasteiger partial charge in [-0.3, -0.25) is 0 Å². The van der Waals surface area contributed by atoms with Crippen LogP contribution in [0.3, 0.4) is 0 Å². The lowest BCUT2D eigenvalue weighted by Gasteiger charge is -2.20. The van der Waals surface area contributed by atoms with Gasteiger partial charge in [-0.25, -0.2) is 4.68 Å². The van der Waals surface area contributed by atoms with Crippen LogP contribution in [-0.4, -0.2) is 9.78 Å². The second-order valence-electron chi connectivity index (χ2n) is 5.25. The van der Waals surface area contributed by atoms with Crippen molar-refractivity contribution >= 4 is 5.82 Å². The van der Waals surface area contributed by atoms with Gasteiger partial charge in [0.2, 0.25) is 0 Å². The molecular formula is C13H23N3. The van der Waals surface area contributed by atoms with Gasteiger partial charge < -0.3 is 5.73 Å². The molecule has 3 heteroatoms. The number of aryl methyl sites for hydroxylation is 1. The van der Waals surface area contributed by atoms with E-state index in [1.807, 2.05) is 4.68 Å². The molecule has 1 aromatic heterocycles. The summed E-state index contributed by atoms with van der Waals surface area (Å²) in [7, 11) is 0. The molecule has 1 atom stereocenters. The van der Waals surface area contributed by atoms with Gasteiger partial charge in [-0.15, -0.1) is 0 Å². The minimum Gasteiger partial charge on any atom is -0.384 e.